The second-order valence-electron chi connectivity index (χ2n) is 5.66. The smallest absolute Gasteiger partial charge is 0.321 e. The quantitative estimate of drug-likeness (QED) is 0.577. The minimum Gasteiger partial charge on any atom is -0.335 e. The predicted molar refractivity (Wildman–Crippen MR) is 86.4 cm³/mol. The van der Waals surface area contributed by atoms with Crippen LogP contribution in [0.5, 0.6) is 0 Å². The molecule has 1 aromatic carbocycles. The molecule has 1 fully saturated rings. The molecule has 0 saturated heterocycles. The number of nitrogens with one attached hydrogen (secondary N) is 4. The zero-order chi connectivity index (χ0) is 16.8. The molecule has 1 aliphatic carbocycles. The molecule has 4 N–H and O–H groups in total. The van der Waals surface area contributed by atoms with Gasteiger partial charge in [0, 0.05) is 16.8 Å². The van der Waals surface area contributed by atoms with Crippen LogP contribution in [0.3, 0.4) is 0 Å². The standard InChI is InChI=1S/C15H19ClN4O3/c1-20(9-14(22)19-15(23)18-12-6-7-12)8-13(21)17-11-4-2-10(16)3-5-11/h2-5,12H,6-9H2,1H3,(H,17,21)(H2,18,19,22,23)/p+1. The summed E-state index contributed by atoms with van der Waals surface area (Å²) in [4.78, 5) is 35.7. The lowest BCUT2D eigenvalue weighted by atomic mass is 10.3. The van der Waals surface area contributed by atoms with E-state index in [2.05, 4.69) is 16.0 Å². The molecule has 7 nitrogen and oxygen atoms in total. The monoisotopic (exact) mass is 339 g/mol. The maximum absolute atomic E-state index is 11.9. The molecule has 23 heavy (non-hydrogen) atoms. The summed E-state index contributed by atoms with van der Waals surface area (Å²) in [6.45, 7) is 0.145. The summed E-state index contributed by atoms with van der Waals surface area (Å²) in [7, 11) is 1.71. The van der Waals surface area contributed by atoms with Crippen molar-refractivity contribution in [2.75, 3.05) is 25.5 Å². The third kappa shape index (κ3) is 6.66. The molecule has 4 amide bonds. The third-order valence-corrected chi connectivity index (χ3v) is 3.47. The average Bonchev–Trinajstić information content (AvgIpc) is 3.24. The van der Waals surface area contributed by atoms with Crippen LogP contribution in [-0.2, 0) is 9.59 Å². The van der Waals surface area contributed by atoms with E-state index in [4.69, 9.17) is 11.6 Å². The molecule has 1 saturated carbocycles. The maximum Gasteiger partial charge on any atom is 0.321 e. The second kappa shape index (κ2) is 7.94. The van der Waals surface area contributed by atoms with Crippen molar-refractivity contribution in [3.05, 3.63) is 29.3 Å². The molecule has 0 spiro atoms. The molecule has 1 atom stereocenters. The summed E-state index contributed by atoms with van der Waals surface area (Å²) in [6.07, 6.45) is 1.91. The Bertz CT molecular complexity index is 587. The highest BCUT2D eigenvalue weighted by Gasteiger charge is 2.24. The first-order valence-corrected chi connectivity index (χ1v) is 7.77. The predicted octanol–water partition coefficient (Wildman–Crippen LogP) is -0.219. The van der Waals surface area contributed by atoms with Gasteiger partial charge in [-0.3, -0.25) is 14.9 Å². The lowest BCUT2D eigenvalue weighted by Gasteiger charge is -2.13. The fourth-order valence-electron chi connectivity index (χ4n) is 1.97. The molecule has 0 heterocycles. The number of anilines is 1. The SMILES string of the molecule is C[NH+](CC(=O)NC(=O)NC1CC1)CC(=O)Nc1ccc(Cl)cc1. The molecule has 124 valence electrons. The van der Waals surface area contributed by atoms with Crippen molar-refractivity contribution in [1.29, 1.82) is 0 Å². The van der Waals surface area contributed by atoms with Gasteiger partial charge in [0.2, 0.25) is 0 Å². The molecule has 2 rings (SSSR count). The Morgan fingerprint density at radius 2 is 1.74 bits per heavy atom. The number of likely N-dealkylation sites (N-methyl/N-ethyl adjacent to an activating group) is 1. The number of urea groups is 1. The molecule has 0 bridgehead atoms. The molecule has 1 aliphatic rings. The van der Waals surface area contributed by atoms with Gasteiger partial charge in [-0.2, -0.15) is 0 Å². The molecule has 0 aromatic heterocycles. The molecule has 8 heteroatoms. The number of rotatable bonds is 6. The van der Waals surface area contributed by atoms with Crippen LogP contribution in [0.15, 0.2) is 24.3 Å². The van der Waals surface area contributed by atoms with Crippen LogP contribution in [0.4, 0.5) is 10.5 Å². The van der Waals surface area contributed by atoms with Crippen LogP contribution >= 0.6 is 11.6 Å². The number of benzene rings is 1. The number of carbonyl (C=O) groups excluding carboxylic acids is 3. The normalized spacial score (nSPS) is 14.7. The van der Waals surface area contributed by atoms with Crippen molar-refractivity contribution >= 4 is 35.1 Å². The van der Waals surface area contributed by atoms with Crippen LogP contribution in [-0.4, -0.2) is 44.0 Å². The van der Waals surface area contributed by atoms with E-state index in [0.717, 1.165) is 12.8 Å². The third-order valence-electron chi connectivity index (χ3n) is 3.22. The van der Waals surface area contributed by atoms with Gasteiger partial charge < -0.3 is 15.5 Å². The van der Waals surface area contributed by atoms with Gasteiger partial charge in [0.1, 0.15) is 0 Å². The van der Waals surface area contributed by atoms with Gasteiger partial charge in [0.15, 0.2) is 13.1 Å². The Morgan fingerprint density at radius 3 is 2.35 bits per heavy atom. The van der Waals surface area contributed by atoms with Crippen molar-refractivity contribution < 1.29 is 19.3 Å². The highest BCUT2D eigenvalue weighted by atomic mass is 35.5. The minimum absolute atomic E-state index is 0.0339. The highest BCUT2D eigenvalue weighted by molar-refractivity contribution is 6.30. The first-order chi connectivity index (χ1) is 10.9. The van der Waals surface area contributed by atoms with E-state index in [1.807, 2.05) is 0 Å². The fraction of sp³-hybridized carbons (Fsp3) is 0.400. The maximum atomic E-state index is 11.9. The van der Waals surface area contributed by atoms with Crippen LogP contribution in [0, 0.1) is 0 Å². The number of hydrogen-bond donors (Lipinski definition) is 4. The van der Waals surface area contributed by atoms with Gasteiger partial charge in [0.25, 0.3) is 11.8 Å². The molecule has 0 aliphatic heterocycles. The van der Waals surface area contributed by atoms with Crippen molar-refractivity contribution in [2.24, 2.45) is 0 Å². The van der Waals surface area contributed by atoms with Crippen LogP contribution < -0.4 is 20.9 Å². The van der Waals surface area contributed by atoms with Crippen molar-refractivity contribution in [1.82, 2.24) is 10.6 Å². The lowest BCUT2D eigenvalue weighted by Crippen LogP contribution is -3.11. The number of halogens is 1. The Labute approximate surface area is 139 Å². The number of quaternary nitrogens is 1. The topological polar surface area (TPSA) is 91.7 Å². The molecule has 1 unspecified atom stereocenters. The summed E-state index contributed by atoms with van der Waals surface area (Å²) in [5.41, 5.74) is 0.639. The molecule has 1 aromatic rings. The first-order valence-electron chi connectivity index (χ1n) is 7.39. The number of imide groups is 1. The second-order valence-corrected chi connectivity index (χ2v) is 6.10. The zero-order valence-electron chi connectivity index (χ0n) is 12.8. The van der Waals surface area contributed by atoms with E-state index in [1.54, 1.807) is 31.3 Å². The molecule has 0 radical (unpaired) electrons. The Morgan fingerprint density at radius 1 is 1.13 bits per heavy atom. The van der Waals surface area contributed by atoms with Gasteiger partial charge in [-0.25, -0.2) is 4.79 Å². The van der Waals surface area contributed by atoms with E-state index < -0.39 is 11.9 Å². The Kier molecular flexibility index (Phi) is 5.95. The van der Waals surface area contributed by atoms with Crippen molar-refractivity contribution in [3.63, 3.8) is 0 Å². The van der Waals surface area contributed by atoms with Crippen molar-refractivity contribution in [2.45, 2.75) is 18.9 Å². The van der Waals surface area contributed by atoms with Gasteiger partial charge in [-0.1, -0.05) is 11.6 Å². The lowest BCUT2D eigenvalue weighted by molar-refractivity contribution is -0.862. The zero-order valence-corrected chi connectivity index (χ0v) is 13.6. The van der Waals surface area contributed by atoms with Crippen LogP contribution in [0.25, 0.3) is 0 Å². The Hall–Kier alpha value is -2.12. The van der Waals surface area contributed by atoms with Crippen LogP contribution in [0.2, 0.25) is 5.02 Å². The van der Waals surface area contributed by atoms with Gasteiger partial charge in [-0.15, -0.1) is 0 Å². The van der Waals surface area contributed by atoms with E-state index in [0.29, 0.717) is 15.6 Å². The summed E-state index contributed by atoms with van der Waals surface area (Å²) in [5.74, 6) is -0.639. The summed E-state index contributed by atoms with van der Waals surface area (Å²) < 4.78 is 0. The number of amides is 4. The molecular weight excluding hydrogens is 320 g/mol. The summed E-state index contributed by atoms with van der Waals surface area (Å²) in [5, 5.41) is 8.23. The number of carbonyl (C=O) groups is 3. The highest BCUT2D eigenvalue weighted by Crippen LogP contribution is 2.18. The summed E-state index contributed by atoms with van der Waals surface area (Å²) >= 11 is 5.77. The Balaban J connectivity index is 1.69. The van der Waals surface area contributed by atoms with Gasteiger partial charge in [-0.05, 0) is 37.1 Å². The average molecular weight is 340 g/mol. The minimum atomic E-state index is -0.476. The van der Waals surface area contributed by atoms with Gasteiger partial charge >= 0.3 is 6.03 Å². The van der Waals surface area contributed by atoms with E-state index in [-0.39, 0.29) is 25.0 Å². The first kappa shape index (κ1) is 17.2. The van der Waals surface area contributed by atoms with Crippen molar-refractivity contribution in [3.8, 4) is 0 Å². The largest absolute Gasteiger partial charge is 0.335 e. The number of hydrogen-bond acceptors (Lipinski definition) is 3. The van der Waals surface area contributed by atoms with Gasteiger partial charge in [0.05, 0.1) is 7.05 Å². The van der Waals surface area contributed by atoms with E-state index in [1.165, 1.54) is 0 Å². The van der Waals surface area contributed by atoms with Crippen LogP contribution in [0.1, 0.15) is 12.8 Å². The van der Waals surface area contributed by atoms with E-state index in [9.17, 15) is 14.4 Å². The van der Waals surface area contributed by atoms with E-state index >= 15 is 0 Å². The molecular formula is C15H20ClN4O3+. The summed E-state index contributed by atoms with van der Waals surface area (Å²) in [6, 6.07) is 6.47. The fourth-order valence-corrected chi connectivity index (χ4v) is 2.10.